The maximum Gasteiger partial charge on any atom is 0.173 e. The van der Waals surface area contributed by atoms with Crippen LogP contribution in [0.25, 0.3) is 0 Å². The maximum absolute atomic E-state index is 13.9. The number of pyridine rings is 1. The van der Waals surface area contributed by atoms with E-state index in [0.717, 1.165) is 18.4 Å². The summed E-state index contributed by atoms with van der Waals surface area (Å²) in [6.07, 6.45) is 2.20. The quantitative estimate of drug-likeness (QED) is 0.615. The van der Waals surface area contributed by atoms with Crippen LogP contribution in [0.2, 0.25) is 0 Å². The molecule has 0 amide bonds. The SMILES string of the molecule is C=N/C(=N\N1CC(F)CC1c1ncccc1F)C(=C)CCC. The van der Waals surface area contributed by atoms with E-state index >= 15 is 0 Å². The summed E-state index contributed by atoms with van der Waals surface area (Å²) >= 11 is 0. The monoisotopic (exact) mass is 306 g/mol. The van der Waals surface area contributed by atoms with Crippen molar-refractivity contribution in [3.8, 4) is 0 Å². The molecular weight excluding hydrogens is 286 g/mol. The second kappa shape index (κ2) is 7.24. The van der Waals surface area contributed by atoms with E-state index in [4.69, 9.17) is 0 Å². The molecule has 2 unspecified atom stereocenters. The van der Waals surface area contributed by atoms with Gasteiger partial charge in [-0.05, 0) is 30.8 Å². The van der Waals surface area contributed by atoms with Gasteiger partial charge < -0.3 is 0 Å². The molecule has 1 aliphatic rings. The van der Waals surface area contributed by atoms with Gasteiger partial charge in [0.25, 0.3) is 0 Å². The second-order valence-electron chi connectivity index (χ2n) is 5.28. The van der Waals surface area contributed by atoms with Crippen LogP contribution in [0.15, 0.2) is 40.6 Å². The minimum Gasteiger partial charge on any atom is -0.283 e. The highest BCUT2D eigenvalue weighted by Crippen LogP contribution is 2.34. The largest absolute Gasteiger partial charge is 0.283 e. The fraction of sp³-hybridized carbons (Fsp3) is 0.438. The second-order valence-corrected chi connectivity index (χ2v) is 5.28. The molecule has 22 heavy (non-hydrogen) atoms. The van der Waals surface area contributed by atoms with Gasteiger partial charge in [0.2, 0.25) is 0 Å². The van der Waals surface area contributed by atoms with Crippen molar-refractivity contribution in [2.75, 3.05) is 6.54 Å². The summed E-state index contributed by atoms with van der Waals surface area (Å²) in [6.45, 7) is 9.51. The lowest BCUT2D eigenvalue weighted by atomic mass is 10.1. The zero-order valence-corrected chi connectivity index (χ0v) is 12.7. The van der Waals surface area contributed by atoms with E-state index in [1.807, 2.05) is 6.92 Å². The number of alkyl halides is 1. The van der Waals surface area contributed by atoms with Crippen LogP contribution < -0.4 is 0 Å². The van der Waals surface area contributed by atoms with Gasteiger partial charge in [-0.25, -0.2) is 13.8 Å². The molecule has 1 saturated heterocycles. The molecule has 0 aromatic carbocycles. The van der Waals surface area contributed by atoms with Crippen molar-refractivity contribution in [1.82, 2.24) is 9.99 Å². The molecule has 0 aliphatic carbocycles. The van der Waals surface area contributed by atoms with E-state index in [2.05, 4.69) is 28.4 Å². The highest BCUT2D eigenvalue weighted by molar-refractivity contribution is 6.00. The van der Waals surface area contributed by atoms with E-state index in [1.165, 1.54) is 23.3 Å². The van der Waals surface area contributed by atoms with Crippen LogP contribution in [0.1, 0.15) is 37.9 Å². The minimum atomic E-state index is -1.08. The van der Waals surface area contributed by atoms with Gasteiger partial charge in [0, 0.05) is 12.6 Å². The number of aliphatic imine (C=N–C) groups is 1. The van der Waals surface area contributed by atoms with Crippen LogP contribution >= 0.6 is 0 Å². The number of hydrazone groups is 1. The number of aromatic nitrogens is 1. The molecule has 0 saturated carbocycles. The number of hydrogen-bond acceptors (Lipinski definition) is 3. The number of halogens is 2. The first-order chi connectivity index (χ1) is 10.6. The molecule has 0 N–H and O–H groups in total. The third kappa shape index (κ3) is 3.55. The van der Waals surface area contributed by atoms with E-state index in [-0.39, 0.29) is 18.7 Å². The first kappa shape index (κ1) is 16.3. The average Bonchev–Trinajstić information content (AvgIpc) is 2.86. The first-order valence-corrected chi connectivity index (χ1v) is 7.31. The van der Waals surface area contributed by atoms with Gasteiger partial charge in [-0.2, -0.15) is 5.10 Å². The summed E-state index contributed by atoms with van der Waals surface area (Å²) in [5, 5.41) is 5.84. The highest BCUT2D eigenvalue weighted by Gasteiger charge is 2.35. The van der Waals surface area contributed by atoms with Gasteiger partial charge >= 0.3 is 0 Å². The third-order valence-corrected chi connectivity index (χ3v) is 3.57. The number of nitrogens with zero attached hydrogens (tertiary/aromatic N) is 4. The molecule has 4 nitrogen and oxygen atoms in total. The summed E-state index contributed by atoms with van der Waals surface area (Å²) in [5.41, 5.74) is 0.941. The van der Waals surface area contributed by atoms with Crippen LogP contribution in [0.5, 0.6) is 0 Å². The van der Waals surface area contributed by atoms with E-state index in [9.17, 15) is 8.78 Å². The molecule has 0 radical (unpaired) electrons. The van der Waals surface area contributed by atoms with Crippen LogP contribution in [-0.4, -0.2) is 35.3 Å². The summed E-state index contributed by atoms with van der Waals surface area (Å²) < 4.78 is 27.7. The molecular formula is C16H20F2N4. The summed E-state index contributed by atoms with van der Waals surface area (Å²) in [4.78, 5) is 7.91. The van der Waals surface area contributed by atoms with E-state index in [0.29, 0.717) is 5.84 Å². The first-order valence-electron chi connectivity index (χ1n) is 7.31. The Morgan fingerprint density at radius 3 is 2.95 bits per heavy atom. The zero-order chi connectivity index (χ0) is 16.1. The smallest absolute Gasteiger partial charge is 0.173 e. The lowest BCUT2D eigenvalue weighted by Crippen LogP contribution is -2.22. The standard InChI is InChI=1S/C16H20F2N4/c1-4-6-11(2)16(19-3)21-22-10-12(17)9-14(22)15-13(18)7-5-8-20-15/h5,7-8,12,14H,2-4,6,9-10H2,1H3/b21-16-. The predicted molar refractivity (Wildman–Crippen MR) is 84.2 cm³/mol. The zero-order valence-electron chi connectivity index (χ0n) is 12.7. The van der Waals surface area contributed by atoms with E-state index < -0.39 is 18.0 Å². The van der Waals surface area contributed by atoms with Crippen molar-refractivity contribution >= 4 is 12.6 Å². The Kier molecular flexibility index (Phi) is 5.35. The Hall–Kier alpha value is -2.11. The van der Waals surface area contributed by atoms with Crippen molar-refractivity contribution in [2.24, 2.45) is 10.1 Å². The van der Waals surface area contributed by atoms with Crippen molar-refractivity contribution in [3.05, 3.63) is 42.0 Å². The molecule has 2 atom stereocenters. The van der Waals surface area contributed by atoms with Crippen molar-refractivity contribution < 1.29 is 8.78 Å². The normalized spacial score (nSPS) is 22.0. The van der Waals surface area contributed by atoms with Crippen LogP contribution in [0, 0.1) is 5.82 Å². The van der Waals surface area contributed by atoms with Gasteiger partial charge in [-0.3, -0.25) is 9.99 Å². The summed E-state index contributed by atoms with van der Waals surface area (Å²) in [5.74, 6) is -0.0837. The van der Waals surface area contributed by atoms with Crippen LogP contribution in [0.4, 0.5) is 8.78 Å². The molecule has 2 rings (SSSR count). The Bertz CT molecular complexity index is 585. The van der Waals surface area contributed by atoms with Gasteiger partial charge in [0.15, 0.2) is 5.84 Å². The topological polar surface area (TPSA) is 40.9 Å². The summed E-state index contributed by atoms with van der Waals surface area (Å²) in [7, 11) is 0. The number of rotatable bonds is 5. The lowest BCUT2D eigenvalue weighted by molar-refractivity contribution is 0.249. The fourth-order valence-corrected chi connectivity index (χ4v) is 2.52. The van der Waals surface area contributed by atoms with Gasteiger partial charge in [0.05, 0.1) is 12.6 Å². The van der Waals surface area contributed by atoms with Crippen molar-refractivity contribution in [2.45, 2.75) is 38.4 Å². The molecule has 118 valence electrons. The maximum atomic E-state index is 13.9. The van der Waals surface area contributed by atoms with Gasteiger partial charge in [0.1, 0.15) is 17.7 Å². The van der Waals surface area contributed by atoms with Crippen molar-refractivity contribution in [3.63, 3.8) is 0 Å². The fourth-order valence-electron chi connectivity index (χ4n) is 2.52. The predicted octanol–water partition coefficient (Wildman–Crippen LogP) is 3.68. The van der Waals surface area contributed by atoms with Crippen molar-refractivity contribution in [1.29, 1.82) is 0 Å². The Balaban J connectivity index is 2.29. The Labute approximate surface area is 129 Å². The van der Waals surface area contributed by atoms with E-state index in [1.54, 1.807) is 0 Å². The number of hydrogen-bond donors (Lipinski definition) is 0. The van der Waals surface area contributed by atoms with Gasteiger partial charge in [-0.15, -0.1) is 0 Å². The molecule has 1 aliphatic heterocycles. The average molecular weight is 306 g/mol. The number of amidine groups is 1. The molecule has 6 heteroatoms. The van der Waals surface area contributed by atoms with Gasteiger partial charge in [-0.1, -0.05) is 19.9 Å². The minimum absolute atomic E-state index is 0.0824. The molecule has 2 heterocycles. The molecule has 0 spiro atoms. The molecule has 1 aromatic heterocycles. The molecule has 0 bridgehead atoms. The highest BCUT2D eigenvalue weighted by atomic mass is 19.1. The van der Waals surface area contributed by atoms with Crippen LogP contribution in [-0.2, 0) is 0 Å². The van der Waals surface area contributed by atoms with Crippen LogP contribution in [0.3, 0.4) is 0 Å². The lowest BCUT2D eigenvalue weighted by Gasteiger charge is -2.21. The molecule has 1 aromatic rings. The molecule has 1 fully saturated rings. The Morgan fingerprint density at radius 1 is 1.55 bits per heavy atom. The Morgan fingerprint density at radius 2 is 2.32 bits per heavy atom. The summed E-state index contributed by atoms with van der Waals surface area (Å²) in [6, 6.07) is 2.29. The third-order valence-electron chi connectivity index (χ3n) is 3.57.